The van der Waals surface area contributed by atoms with Crippen LogP contribution in [-0.2, 0) is 19.1 Å². The number of ether oxygens (including phenoxy) is 1. The van der Waals surface area contributed by atoms with Gasteiger partial charge in [-0.25, -0.2) is 4.79 Å². The number of carbonyl (C=O) groups is 4. The molecule has 0 radical (unpaired) electrons. The number of rotatable bonds is 21. The van der Waals surface area contributed by atoms with E-state index in [1.807, 2.05) is 38.1 Å². The highest BCUT2D eigenvalue weighted by molar-refractivity contribution is 5.82. The Balaban J connectivity index is 0.000000492. The third-order valence-corrected chi connectivity index (χ3v) is 8.01. The number of nitrogens with two attached hydrogens (primary N) is 2. The molecule has 0 fully saturated rings. The number of amides is 3. The van der Waals surface area contributed by atoms with E-state index in [9.17, 15) is 19.2 Å². The van der Waals surface area contributed by atoms with E-state index < -0.39 is 0 Å². The molecule has 1 aliphatic rings. The zero-order valence-corrected chi connectivity index (χ0v) is 30.0. The number of carbonyl (C=O) groups excluding carboxylic acids is 4. The minimum atomic E-state index is -0.387. The number of nitrogens with one attached hydrogen (secondary N) is 6. The van der Waals surface area contributed by atoms with Gasteiger partial charge in [0.1, 0.15) is 6.61 Å². The van der Waals surface area contributed by atoms with Crippen LogP contribution in [0.2, 0.25) is 0 Å². The highest BCUT2D eigenvalue weighted by atomic mass is 16.5. The highest BCUT2D eigenvalue weighted by Crippen LogP contribution is 2.44. The monoisotopic (exact) mass is 684 g/mol. The topological polar surface area (TPSA) is 202 Å². The van der Waals surface area contributed by atoms with E-state index >= 15 is 0 Å². The lowest BCUT2D eigenvalue weighted by Gasteiger charge is -2.16. The average molecular weight is 685 g/mol. The molecule has 0 aromatic heterocycles. The molecule has 2 aromatic rings. The number of hydrogen-bond donors (Lipinski definition) is 8. The quantitative estimate of drug-likeness (QED) is 0.0710. The first kappa shape index (κ1) is 43.1. The Hall–Kier alpha value is -3.88. The highest BCUT2D eigenvalue weighted by Gasteiger charge is 2.28. The summed E-state index contributed by atoms with van der Waals surface area (Å²) < 4.78 is 5.24. The second-order valence-corrected chi connectivity index (χ2v) is 11.3. The van der Waals surface area contributed by atoms with Gasteiger partial charge in [-0.15, -0.1) is 0 Å². The van der Waals surface area contributed by atoms with Crippen LogP contribution < -0.4 is 43.4 Å². The van der Waals surface area contributed by atoms with Gasteiger partial charge in [-0.05, 0) is 75.0 Å². The molecule has 13 heteroatoms. The van der Waals surface area contributed by atoms with Crippen molar-refractivity contribution in [3.05, 3.63) is 59.7 Å². The number of fused-ring (bicyclic) bond motifs is 3. The fourth-order valence-corrected chi connectivity index (χ4v) is 5.41. The Morgan fingerprint density at radius 3 is 1.82 bits per heavy atom. The van der Waals surface area contributed by atoms with Crippen LogP contribution in [0.5, 0.6) is 0 Å². The molecule has 0 heterocycles. The van der Waals surface area contributed by atoms with Crippen molar-refractivity contribution in [1.29, 1.82) is 0 Å². The zero-order chi connectivity index (χ0) is 36.4. The summed E-state index contributed by atoms with van der Waals surface area (Å²) in [6, 6.07) is 16.0. The maximum Gasteiger partial charge on any atom is 0.406 e. The first-order chi connectivity index (χ1) is 23.8. The second-order valence-electron chi connectivity index (χ2n) is 11.3. The number of unbranched alkanes of at least 4 members (excludes halogenated alkanes) is 2. The molecule has 0 unspecified atom stereocenters. The molecule has 274 valence electrons. The van der Waals surface area contributed by atoms with E-state index in [1.54, 1.807) is 21.1 Å². The molecule has 0 saturated heterocycles. The smallest absolute Gasteiger partial charge is 0.406 e. The maximum absolute atomic E-state index is 12.2. The van der Waals surface area contributed by atoms with Gasteiger partial charge in [0, 0.05) is 26.2 Å². The van der Waals surface area contributed by atoms with Gasteiger partial charge >= 0.3 is 6.09 Å². The van der Waals surface area contributed by atoms with Crippen LogP contribution in [0.3, 0.4) is 0 Å². The molecule has 3 rings (SSSR count). The van der Waals surface area contributed by atoms with Crippen molar-refractivity contribution in [3.63, 3.8) is 0 Å². The largest absolute Gasteiger partial charge is 0.449 e. The van der Waals surface area contributed by atoms with Crippen LogP contribution >= 0.6 is 0 Å². The number of alkyl carbamates (subject to hydrolysis) is 1. The van der Waals surface area contributed by atoms with Crippen molar-refractivity contribution in [2.24, 2.45) is 11.5 Å². The van der Waals surface area contributed by atoms with Crippen LogP contribution in [0.1, 0.15) is 69.4 Å². The summed E-state index contributed by atoms with van der Waals surface area (Å²) >= 11 is 0. The zero-order valence-electron chi connectivity index (χ0n) is 30.0. The van der Waals surface area contributed by atoms with Gasteiger partial charge in [0.05, 0.1) is 25.2 Å². The Bertz CT molecular complexity index is 1220. The summed E-state index contributed by atoms with van der Waals surface area (Å²) in [6.07, 6.45) is 4.38. The first-order valence-electron chi connectivity index (χ1n) is 17.3. The van der Waals surface area contributed by atoms with Gasteiger partial charge in [-0.3, -0.25) is 19.7 Å². The van der Waals surface area contributed by atoms with Gasteiger partial charge in [-0.1, -0.05) is 68.8 Å². The Morgan fingerprint density at radius 2 is 1.29 bits per heavy atom. The summed E-state index contributed by atoms with van der Waals surface area (Å²) in [7, 11) is 5.05. The number of Topliss-reactive ketones (excluding diaryl/α,β-unsaturated/α-hetero) is 1. The lowest BCUT2D eigenvalue weighted by molar-refractivity contribution is -0.123. The predicted molar refractivity (Wildman–Crippen MR) is 196 cm³/mol. The normalized spacial score (nSPS) is 12.5. The lowest BCUT2D eigenvalue weighted by atomic mass is 9.98. The van der Waals surface area contributed by atoms with Crippen molar-refractivity contribution in [3.8, 4) is 11.1 Å². The lowest BCUT2D eigenvalue weighted by Crippen LogP contribution is -2.43. The van der Waals surface area contributed by atoms with E-state index in [0.29, 0.717) is 32.8 Å². The molecule has 13 nitrogen and oxygen atoms in total. The van der Waals surface area contributed by atoms with Crippen molar-refractivity contribution in [2.45, 2.75) is 70.4 Å². The first-order valence-corrected chi connectivity index (χ1v) is 17.3. The number of likely N-dealkylation sites (N-methyl/N-ethyl adjacent to an activating group) is 2. The molecule has 2 aromatic carbocycles. The van der Waals surface area contributed by atoms with E-state index in [4.69, 9.17) is 16.2 Å². The maximum atomic E-state index is 12.2. The molecule has 10 N–H and O–H groups in total. The van der Waals surface area contributed by atoms with Crippen molar-refractivity contribution < 1.29 is 23.9 Å². The van der Waals surface area contributed by atoms with Gasteiger partial charge in [0.25, 0.3) is 0 Å². The summed E-state index contributed by atoms with van der Waals surface area (Å²) in [4.78, 5) is 46.0. The number of ketones is 1. The number of primary amides is 1. The summed E-state index contributed by atoms with van der Waals surface area (Å²) in [6.45, 7) is 6.58. The van der Waals surface area contributed by atoms with Crippen LogP contribution in [0.4, 0.5) is 4.79 Å². The standard InChI is InChI=1S/C18H39N7O3.C16H15NO2.C2H6/c1-21-15(17(20)27)7-4-6-10-25-18(28)16(22-2)8-3-5-9-23-11-14(26)12-24-13-19;1-17-16(18)19-10-15-13-8-4-2-6-11(13)12-7-3-5-9-14(12)15;1-2/h15-16,21-24H,3-13,19H2,1-2H3,(H2,20,27)(H,25,28);2-9,15H,10H2,1H3,(H,17,18);1-2H3/t15-,16-;;/m0../s1. The van der Waals surface area contributed by atoms with E-state index in [1.165, 1.54) is 22.3 Å². The Kier molecular flexibility index (Phi) is 22.9. The SMILES string of the molecule is CC.CNC(=O)OCC1c2ccccc2-c2ccccc21.CN[C@@H](CCCCNC(=O)[C@H](CCCCNCC(=O)CNCN)NC)C(N)=O. The van der Waals surface area contributed by atoms with Crippen LogP contribution in [-0.4, -0.2) is 96.4 Å². The third kappa shape index (κ3) is 15.9. The van der Waals surface area contributed by atoms with Crippen LogP contribution in [0.15, 0.2) is 48.5 Å². The van der Waals surface area contributed by atoms with Crippen molar-refractivity contribution in [2.75, 3.05) is 60.6 Å². The molecule has 0 saturated carbocycles. The fourth-order valence-electron chi connectivity index (χ4n) is 5.41. The second kappa shape index (κ2) is 26.0. The summed E-state index contributed by atoms with van der Waals surface area (Å²) in [5, 5.41) is 17.2. The van der Waals surface area contributed by atoms with Gasteiger partial charge < -0.3 is 42.8 Å². The van der Waals surface area contributed by atoms with Gasteiger partial charge in [0.2, 0.25) is 11.8 Å². The van der Waals surface area contributed by atoms with Crippen molar-refractivity contribution >= 4 is 23.7 Å². The van der Waals surface area contributed by atoms with E-state index in [2.05, 4.69) is 56.2 Å². The molecule has 2 atom stereocenters. The molecule has 0 aliphatic heterocycles. The fraction of sp³-hybridized carbons (Fsp3) is 0.556. The minimum Gasteiger partial charge on any atom is -0.449 e. The number of hydrogen-bond acceptors (Lipinski definition) is 10. The summed E-state index contributed by atoms with van der Waals surface area (Å²) in [5.41, 5.74) is 15.5. The Morgan fingerprint density at radius 1 is 0.755 bits per heavy atom. The molecule has 1 aliphatic carbocycles. The summed E-state index contributed by atoms with van der Waals surface area (Å²) in [5.74, 6) is -0.161. The average Bonchev–Trinajstić information content (AvgIpc) is 3.45. The molecule has 3 amide bonds. The molecule has 0 spiro atoms. The molecule has 0 bridgehead atoms. The number of benzene rings is 2. The van der Waals surface area contributed by atoms with Crippen LogP contribution in [0, 0.1) is 0 Å². The molecule has 49 heavy (non-hydrogen) atoms. The third-order valence-electron chi connectivity index (χ3n) is 8.01. The molecular formula is C36H60N8O5. The molecular weight excluding hydrogens is 624 g/mol. The van der Waals surface area contributed by atoms with Crippen molar-refractivity contribution in [1.82, 2.24) is 31.9 Å². The van der Waals surface area contributed by atoms with Crippen LogP contribution in [0.25, 0.3) is 11.1 Å². The van der Waals surface area contributed by atoms with Gasteiger partial charge in [0.15, 0.2) is 5.78 Å². The van der Waals surface area contributed by atoms with Gasteiger partial charge in [-0.2, -0.15) is 0 Å². The predicted octanol–water partition coefficient (Wildman–Crippen LogP) is 1.95. The van der Waals surface area contributed by atoms with E-state index in [-0.39, 0.29) is 48.2 Å². The Labute approximate surface area is 292 Å². The minimum absolute atomic E-state index is 0.0152. The van der Waals surface area contributed by atoms with E-state index in [0.717, 1.165) is 38.6 Å².